The van der Waals surface area contributed by atoms with E-state index in [1.165, 1.54) is 16.7 Å². The number of hydrogen-bond donors (Lipinski definition) is 1. The summed E-state index contributed by atoms with van der Waals surface area (Å²) in [6.45, 7) is 6.87. The van der Waals surface area contributed by atoms with Gasteiger partial charge in [-0.05, 0) is 48.6 Å². The summed E-state index contributed by atoms with van der Waals surface area (Å²) in [5.74, 6) is 0. The standard InChI is InChI=1S/C11H17O2P/c1-7-8(2)10(5-12)4-11(6-13-14)9(7)3/h4,12H,5-6,14H2,1-3H3. The minimum absolute atomic E-state index is 0.0941. The molecule has 14 heavy (non-hydrogen) atoms. The Labute approximate surface area is 87.6 Å². The van der Waals surface area contributed by atoms with E-state index >= 15 is 0 Å². The molecule has 3 heteroatoms. The SMILES string of the molecule is Cc1c(CO)cc(COP)c(C)c1C. The fourth-order valence-electron chi connectivity index (χ4n) is 1.59. The lowest BCUT2D eigenvalue weighted by molar-refractivity contribution is 0.280. The van der Waals surface area contributed by atoms with Gasteiger partial charge in [-0.2, -0.15) is 0 Å². The molecule has 0 amide bonds. The van der Waals surface area contributed by atoms with Crippen molar-refractivity contribution in [1.82, 2.24) is 0 Å². The van der Waals surface area contributed by atoms with Gasteiger partial charge in [-0.3, -0.25) is 0 Å². The quantitative estimate of drug-likeness (QED) is 0.779. The molecule has 1 aromatic carbocycles. The van der Waals surface area contributed by atoms with Crippen LogP contribution in [0.5, 0.6) is 0 Å². The van der Waals surface area contributed by atoms with E-state index in [-0.39, 0.29) is 6.61 Å². The summed E-state index contributed by atoms with van der Waals surface area (Å²) >= 11 is 0. The topological polar surface area (TPSA) is 29.5 Å². The van der Waals surface area contributed by atoms with Gasteiger partial charge < -0.3 is 9.63 Å². The van der Waals surface area contributed by atoms with E-state index in [0.717, 1.165) is 11.1 Å². The van der Waals surface area contributed by atoms with Crippen LogP contribution in [0.15, 0.2) is 6.07 Å². The molecule has 1 N–H and O–H groups in total. The normalized spacial score (nSPS) is 10.6. The third kappa shape index (κ3) is 2.14. The molecule has 78 valence electrons. The molecule has 1 atom stereocenters. The smallest absolute Gasteiger partial charge is 0.0755 e. The van der Waals surface area contributed by atoms with Crippen LogP contribution in [0.4, 0.5) is 0 Å². The van der Waals surface area contributed by atoms with Crippen molar-refractivity contribution in [2.75, 3.05) is 0 Å². The van der Waals surface area contributed by atoms with Crippen molar-refractivity contribution in [3.05, 3.63) is 33.9 Å². The predicted octanol–water partition coefficient (Wildman–Crippen LogP) is 2.41. The molecule has 0 bridgehead atoms. The number of rotatable bonds is 3. The number of benzene rings is 1. The van der Waals surface area contributed by atoms with E-state index < -0.39 is 0 Å². The van der Waals surface area contributed by atoms with E-state index in [0.29, 0.717) is 6.61 Å². The lowest BCUT2D eigenvalue weighted by Crippen LogP contribution is -2.00. The second-order valence-corrected chi connectivity index (χ2v) is 3.87. The van der Waals surface area contributed by atoms with Gasteiger partial charge in [0.1, 0.15) is 0 Å². The van der Waals surface area contributed by atoms with Gasteiger partial charge >= 0.3 is 0 Å². The van der Waals surface area contributed by atoms with Gasteiger partial charge in [-0.25, -0.2) is 0 Å². The van der Waals surface area contributed by atoms with E-state index in [2.05, 4.69) is 23.3 Å². The molecule has 1 rings (SSSR count). The summed E-state index contributed by atoms with van der Waals surface area (Å²) in [5, 5.41) is 9.18. The van der Waals surface area contributed by atoms with Gasteiger partial charge in [0.2, 0.25) is 0 Å². The lowest BCUT2D eigenvalue weighted by atomic mass is 9.94. The van der Waals surface area contributed by atoms with Crippen molar-refractivity contribution >= 4 is 9.47 Å². The van der Waals surface area contributed by atoms with Gasteiger partial charge in [0.25, 0.3) is 0 Å². The van der Waals surface area contributed by atoms with Gasteiger partial charge in [-0.15, -0.1) is 0 Å². The fraction of sp³-hybridized carbons (Fsp3) is 0.455. The Balaban J connectivity index is 3.25. The Kier molecular flexibility index (Phi) is 4.06. The minimum atomic E-state index is 0.0941. The molecule has 0 saturated carbocycles. The largest absolute Gasteiger partial charge is 0.392 e. The summed E-state index contributed by atoms with van der Waals surface area (Å²) in [4.78, 5) is 0. The first-order chi connectivity index (χ1) is 6.61. The summed E-state index contributed by atoms with van der Waals surface area (Å²) in [5.41, 5.74) is 5.81. The molecule has 0 aromatic heterocycles. The third-order valence-electron chi connectivity index (χ3n) is 2.85. The highest BCUT2D eigenvalue weighted by Crippen LogP contribution is 2.22. The van der Waals surface area contributed by atoms with Crippen molar-refractivity contribution in [3.8, 4) is 0 Å². The zero-order valence-corrected chi connectivity index (χ0v) is 10.1. The zero-order chi connectivity index (χ0) is 10.7. The first kappa shape index (κ1) is 11.6. The molecule has 2 nitrogen and oxygen atoms in total. The van der Waals surface area contributed by atoms with Gasteiger partial charge in [0, 0.05) is 9.47 Å². The molecule has 0 spiro atoms. The maximum absolute atomic E-state index is 9.18. The molecule has 0 aliphatic rings. The monoisotopic (exact) mass is 212 g/mol. The lowest BCUT2D eigenvalue weighted by Gasteiger charge is -2.14. The maximum Gasteiger partial charge on any atom is 0.0755 e. The molecule has 0 saturated heterocycles. The van der Waals surface area contributed by atoms with Gasteiger partial charge in [0.05, 0.1) is 13.2 Å². The Hall–Kier alpha value is -0.430. The Morgan fingerprint density at radius 3 is 2.21 bits per heavy atom. The summed E-state index contributed by atoms with van der Waals surface area (Å²) < 4.78 is 5.04. The molecular formula is C11H17O2P. The van der Waals surface area contributed by atoms with Crippen LogP contribution in [0.25, 0.3) is 0 Å². The number of aliphatic hydroxyl groups excluding tert-OH is 1. The predicted molar refractivity (Wildman–Crippen MR) is 61.1 cm³/mol. The molecule has 1 unspecified atom stereocenters. The molecule has 0 aliphatic heterocycles. The van der Waals surface area contributed by atoms with E-state index in [1.807, 2.05) is 13.0 Å². The van der Waals surface area contributed by atoms with Crippen LogP contribution < -0.4 is 0 Å². The Morgan fingerprint density at radius 2 is 1.71 bits per heavy atom. The van der Waals surface area contributed by atoms with Crippen molar-refractivity contribution < 1.29 is 9.63 Å². The Morgan fingerprint density at radius 1 is 1.14 bits per heavy atom. The second-order valence-electron chi connectivity index (χ2n) is 3.54. The Bertz CT molecular complexity index is 335. The number of hydrogen-bond acceptors (Lipinski definition) is 2. The maximum atomic E-state index is 9.18. The van der Waals surface area contributed by atoms with Crippen LogP contribution in [-0.4, -0.2) is 5.11 Å². The average molecular weight is 212 g/mol. The van der Waals surface area contributed by atoms with Crippen LogP contribution in [0.2, 0.25) is 0 Å². The van der Waals surface area contributed by atoms with Gasteiger partial charge in [-0.1, -0.05) is 6.07 Å². The summed E-state index contributed by atoms with van der Waals surface area (Å²) in [6.07, 6.45) is 0. The second kappa shape index (κ2) is 4.88. The highest BCUT2D eigenvalue weighted by Gasteiger charge is 2.08. The zero-order valence-electron chi connectivity index (χ0n) is 8.92. The molecule has 0 heterocycles. The molecule has 0 aliphatic carbocycles. The van der Waals surface area contributed by atoms with Crippen molar-refractivity contribution in [2.45, 2.75) is 34.0 Å². The molecule has 1 aromatic rings. The molecular weight excluding hydrogens is 195 g/mol. The fourth-order valence-corrected chi connectivity index (χ4v) is 1.77. The van der Waals surface area contributed by atoms with E-state index in [4.69, 9.17) is 4.52 Å². The van der Waals surface area contributed by atoms with Gasteiger partial charge in [0.15, 0.2) is 0 Å². The first-order valence-corrected chi connectivity index (χ1v) is 5.10. The van der Waals surface area contributed by atoms with E-state index in [9.17, 15) is 5.11 Å². The van der Waals surface area contributed by atoms with Crippen LogP contribution in [0, 0.1) is 20.8 Å². The van der Waals surface area contributed by atoms with Crippen LogP contribution in [0.1, 0.15) is 27.8 Å². The van der Waals surface area contributed by atoms with E-state index in [1.54, 1.807) is 0 Å². The van der Waals surface area contributed by atoms with Crippen LogP contribution in [-0.2, 0) is 17.7 Å². The summed E-state index contributed by atoms with van der Waals surface area (Å²) in [6, 6.07) is 2.02. The number of aliphatic hydroxyl groups is 1. The van der Waals surface area contributed by atoms with Crippen molar-refractivity contribution in [3.63, 3.8) is 0 Å². The summed E-state index contributed by atoms with van der Waals surface area (Å²) in [7, 11) is 2.25. The van der Waals surface area contributed by atoms with Crippen molar-refractivity contribution in [1.29, 1.82) is 0 Å². The molecule has 0 radical (unpaired) electrons. The third-order valence-corrected chi connectivity index (χ3v) is 3.01. The minimum Gasteiger partial charge on any atom is -0.392 e. The van der Waals surface area contributed by atoms with Crippen LogP contribution >= 0.6 is 9.47 Å². The van der Waals surface area contributed by atoms with Crippen LogP contribution in [0.3, 0.4) is 0 Å². The molecule has 0 fully saturated rings. The highest BCUT2D eigenvalue weighted by molar-refractivity contribution is 7.09. The average Bonchev–Trinajstić information content (AvgIpc) is 2.19. The van der Waals surface area contributed by atoms with Crippen molar-refractivity contribution in [2.24, 2.45) is 0 Å². The highest BCUT2D eigenvalue weighted by atomic mass is 31.0. The first-order valence-electron chi connectivity index (χ1n) is 4.63.